The molecule has 6 nitrogen and oxygen atoms in total. The Bertz CT molecular complexity index is 1250. The van der Waals surface area contributed by atoms with Crippen LogP contribution in [0.3, 0.4) is 0 Å². The maximum absolute atomic E-state index is 12.5. The fourth-order valence-corrected chi connectivity index (χ4v) is 10.8. The molecule has 0 rings (SSSR count). The number of carbonyl (C=O) groups excluding carboxylic acids is 2. The van der Waals surface area contributed by atoms with Gasteiger partial charge < -0.3 is 20.3 Å². The summed E-state index contributed by atoms with van der Waals surface area (Å²) in [6, 6.07) is -0.550. The van der Waals surface area contributed by atoms with Crippen LogP contribution in [0, 0.1) is 0 Å². The van der Waals surface area contributed by atoms with Crippen molar-refractivity contribution < 1.29 is 24.5 Å². The van der Waals surface area contributed by atoms with Crippen molar-refractivity contribution >= 4 is 11.9 Å². The molecule has 77 heavy (non-hydrogen) atoms. The molecule has 0 aromatic heterocycles. The minimum absolute atomic E-state index is 0.00474. The van der Waals surface area contributed by atoms with Crippen molar-refractivity contribution in [2.45, 2.75) is 392 Å². The standard InChI is InChI=1S/C71H135NO5/c1-3-5-7-9-11-13-15-17-19-21-28-31-35-39-43-47-51-55-59-63-69(74)68(67-73)72-70(75)64-60-56-52-48-44-40-36-32-29-26-24-23-25-27-30-34-38-42-46-50-54-58-62-66-77-71(76)65-61-57-53-49-45-41-37-33-22-20-18-16-14-12-10-8-6-4-2/h20,22-23,25-26,29,68-69,73-74H,3-19,21,24,27-28,30-67H2,1-2H3,(H,72,75)/b22-20-,25-23-,29-26-. The van der Waals surface area contributed by atoms with E-state index in [-0.39, 0.29) is 18.5 Å². The number of esters is 1. The Balaban J connectivity index is 3.44. The van der Waals surface area contributed by atoms with Gasteiger partial charge in [0.25, 0.3) is 0 Å². The number of amides is 1. The number of unbranched alkanes of at least 4 members (excludes halogenated alkanes) is 48. The quantitative estimate of drug-likeness (QED) is 0.0320. The van der Waals surface area contributed by atoms with E-state index in [0.29, 0.717) is 25.9 Å². The van der Waals surface area contributed by atoms with E-state index in [9.17, 15) is 19.8 Å². The lowest BCUT2D eigenvalue weighted by Gasteiger charge is -2.22. The van der Waals surface area contributed by atoms with Crippen molar-refractivity contribution in [2.24, 2.45) is 0 Å². The molecule has 0 spiro atoms. The van der Waals surface area contributed by atoms with Crippen molar-refractivity contribution in [3.8, 4) is 0 Å². The third-order valence-electron chi connectivity index (χ3n) is 16.2. The molecule has 0 radical (unpaired) electrons. The number of nitrogens with one attached hydrogen (secondary N) is 1. The van der Waals surface area contributed by atoms with E-state index in [0.717, 1.165) is 57.8 Å². The van der Waals surface area contributed by atoms with Gasteiger partial charge in [-0.05, 0) is 83.5 Å². The second kappa shape index (κ2) is 66.6. The van der Waals surface area contributed by atoms with Gasteiger partial charge in [-0.1, -0.05) is 320 Å². The Morgan fingerprint density at radius 1 is 0.364 bits per heavy atom. The lowest BCUT2D eigenvalue weighted by molar-refractivity contribution is -0.143. The van der Waals surface area contributed by atoms with Crippen LogP contribution in [0.15, 0.2) is 36.5 Å². The molecule has 0 saturated heterocycles. The molecular formula is C71H135NO5. The van der Waals surface area contributed by atoms with E-state index < -0.39 is 12.1 Å². The van der Waals surface area contributed by atoms with Crippen molar-refractivity contribution in [2.75, 3.05) is 13.2 Å². The Morgan fingerprint density at radius 2 is 0.649 bits per heavy atom. The number of aliphatic hydroxyl groups excluding tert-OH is 2. The molecule has 0 heterocycles. The van der Waals surface area contributed by atoms with Crippen LogP contribution < -0.4 is 5.32 Å². The van der Waals surface area contributed by atoms with Gasteiger partial charge in [0, 0.05) is 12.8 Å². The Hall–Kier alpha value is -1.92. The number of ether oxygens (including phenoxy) is 1. The second-order valence-corrected chi connectivity index (χ2v) is 23.9. The van der Waals surface area contributed by atoms with Gasteiger partial charge in [0.15, 0.2) is 0 Å². The van der Waals surface area contributed by atoms with Gasteiger partial charge >= 0.3 is 5.97 Å². The first kappa shape index (κ1) is 75.1. The summed E-state index contributed by atoms with van der Waals surface area (Å²) in [7, 11) is 0. The summed E-state index contributed by atoms with van der Waals surface area (Å²) >= 11 is 0. The molecule has 2 unspecified atom stereocenters. The molecule has 0 aliphatic carbocycles. The molecule has 454 valence electrons. The van der Waals surface area contributed by atoms with Gasteiger partial charge in [0.1, 0.15) is 0 Å². The number of aliphatic hydroxyl groups is 2. The topological polar surface area (TPSA) is 95.9 Å². The molecule has 2 atom stereocenters. The minimum atomic E-state index is -0.672. The summed E-state index contributed by atoms with van der Waals surface area (Å²) in [5.41, 5.74) is 0. The highest BCUT2D eigenvalue weighted by molar-refractivity contribution is 5.76. The van der Waals surface area contributed by atoms with Gasteiger partial charge in [-0.3, -0.25) is 9.59 Å². The van der Waals surface area contributed by atoms with E-state index >= 15 is 0 Å². The molecule has 6 heteroatoms. The maximum atomic E-state index is 12.5. The van der Waals surface area contributed by atoms with Crippen LogP contribution in [-0.4, -0.2) is 47.4 Å². The van der Waals surface area contributed by atoms with Crippen LogP contribution in [0.1, 0.15) is 380 Å². The molecule has 1 amide bonds. The summed E-state index contributed by atoms with van der Waals surface area (Å²) in [5.74, 6) is -0.0376. The first-order valence-corrected chi connectivity index (χ1v) is 34.7. The van der Waals surface area contributed by atoms with E-state index in [1.54, 1.807) is 0 Å². The SMILES string of the molecule is CCCCCCCCC/C=C\CCCCCCCCCC(=O)OCCCCCCCCCCC/C=C\C/C=C\CCCCCCCCCC(=O)NC(CO)C(O)CCCCCCCCCCCCCCCCCCCCC. The van der Waals surface area contributed by atoms with E-state index in [4.69, 9.17) is 4.74 Å². The summed E-state index contributed by atoms with van der Waals surface area (Å²) in [5, 5.41) is 23.4. The molecule has 0 fully saturated rings. The van der Waals surface area contributed by atoms with E-state index in [1.165, 1.54) is 289 Å². The highest BCUT2D eigenvalue weighted by atomic mass is 16.5. The molecular weight excluding hydrogens is 947 g/mol. The van der Waals surface area contributed by atoms with Crippen LogP contribution in [0.25, 0.3) is 0 Å². The van der Waals surface area contributed by atoms with Crippen LogP contribution >= 0.6 is 0 Å². The minimum Gasteiger partial charge on any atom is -0.466 e. The maximum Gasteiger partial charge on any atom is 0.305 e. The van der Waals surface area contributed by atoms with Crippen LogP contribution in [0.5, 0.6) is 0 Å². The monoisotopic (exact) mass is 1080 g/mol. The largest absolute Gasteiger partial charge is 0.466 e. The molecule has 3 N–H and O–H groups in total. The molecule has 0 aromatic rings. The van der Waals surface area contributed by atoms with E-state index in [2.05, 4.69) is 55.6 Å². The zero-order valence-corrected chi connectivity index (χ0v) is 52.0. The predicted molar refractivity (Wildman–Crippen MR) is 338 cm³/mol. The number of allylic oxidation sites excluding steroid dienone is 6. The zero-order chi connectivity index (χ0) is 55.7. The summed E-state index contributed by atoms with van der Waals surface area (Å²) < 4.78 is 5.50. The van der Waals surface area contributed by atoms with Crippen molar-refractivity contribution in [3.05, 3.63) is 36.5 Å². The number of carbonyl (C=O) groups is 2. The number of hydrogen-bond acceptors (Lipinski definition) is 5. The Morgan fingerprint density at radius 3 is 1.00 bits per heavy atom. The lowest BCUT2D eigenvalue weighted by Crippen LogP contribution is -2.45. The highest BCUT2D eigenvalue weighted by Gasteiger charge is 2.20. The number of rotatable bonds is 65. The predicted octanol–water partition coefficient (Wildman–Crippen LogP) is 22.3. The third-order valence-corrected chi connectivity index (χ3v) is 16.2. The fraction of sp³-hybridized carbons (Fsp3) is 0.887. The van der Waals surface area contributed by atoms with Gasteiger partial charge in [-0.15, -0.1) is 0 Å². The van der Waals surface area contributed by atoms with Gasteiger partial charge in [-0.2, -0.15) is 0 Å². The Kier molecular flexibility index (Phi) is 64.9. The van der Waals surface area contributed by atoms with Crippen molar-refractivity contribution in [3.63, 3.8) is 0 Å². The summed E-state index contributed by atoms with van der Waals surface area (Å²) in [4.78, 5) is 24.6. The summed E-state index contributed by atoms with van der Waals surface area (Å²) in [6.45, 7) is 4.97. The molecule has 0 bridgehead atoms. The van der Waals surface area contributed by atoms with Crippen molar-refractivity contribution in [1.82, 2.24) is 5.32 Å². The average Bonchev–Trinajstić information content (AvgIpc) is 3.43. The van der Waals surface area contributed by atoms with Crippen molar-refractivity contribution in [1.29, 1.82) is 0 Å². The first-order chi connectivity index (χ1) is 38.0. The lowest BCUT2D eigenvalue weighted by atomic mass is 10.0. The van der Waals surface area contributed by atoms with Gasteiger partial charge in [0.2, 0.25) is 5.91 Å². The smallest absolute Gasteiger partial charge is 0.305 e. The third kappa shape index (κ3) is 63.1. The zero-order valence-electron chi connectivity index (χ0n) is 52.0. The van der Waals surface area contributed by atoms with E-state index in [1.807, 2.05) is 0 Å². The van der Waals surface area contributed by atoms with Crippen LogP contribution in [-0.2, 0) is 14.3 Å². The van der Waals surface area contributed by atoms with Crippen LogP contribution in [0.4, 0.5) is 0 Å². The molecule has 0 aromatic carbocycles. The summed E-state index contributed by atoms with van der Waals surface area (Å²) in [6.07, 6.45) is 84.6. The molecule has 0 aliphatic heterocycles. The first-order valence-electron chi connectivity index (χ1n) is 34.7. The van der Waals surface area contributed by atoms with Gasteiger partial charge in [0.05, 0.1) is 25.4 Å². The average molecular weight is 1080 g/mol. The van der Waals surface area contributed by atoms with Gasteiger partial charge in [-0.25, -0.2) is 0 Å². The van der Waals surface area contributed by atoms with Crippen LogP contribution in [0.2, 0.25) is 0 Å². The second-order valence-electron chi connectivity index (χ2n) is 23.9. The highest BCUT2D eigenvalue weighted by Crippen LogP contribution is 2.18. The number of hydrogen-bond donors (Lipinski definition) is 3. The Labute approximate surface area is 481 Å². The fourth-order valence-electron chi connectivity index (χ4n) is 10.8. The normalized spacial score (nSPS) is 12.7. The molecule has 0 aliphatic rings. The molecule has 0 saturated carbocycles.